The number of nitrogens with zero attached hydrogens (tertiary/aromatic N) is 4. The van der Waals surface area contributed by atoms with Crippen LogP contribution in [-0.4, -0.2) is 66.5 Å². The molecule has 1 aliphatic carbocycles. The van der Waals surface area contributed by atoms with Crippen molar-refractivity contribution < 1.29 is 4.79 Å². The van der Waals surface area contributed by atoms with E-state index in [1.165, 1.54) is 19.3 Å². The number of rotatable bonds is 4. The van der Waals surface area contributed by atoms with Crippen molar-refractivity contribution in [3.63, 3.8) is 0 Å². The number of pyridine rings is 1. The van der Waals surface area contributed by atoms with Crippen LogP contribution in [0, 0.1) is 0 Å². The molecular formula is C18H27ClN4O. The predicted octanol–water partition coefficient (Wildman–Crippen LogP) is 2.65. The molecule has 1 aromatic heterocycles. The third-order valence-electron chi connectivity index (χ3n) is 5.29. The Morgan fingerprint density at radius 1 is 1.25 bits per heavy atom. The Hall–Kier alpha value is -1.33. The van der Waals surface area contributed by atoms with E-state index < -0.39 is 0 Å². The van der Waals surface area contributed by atoms with Gasteiger partial charge in [0.05, 0.1) is 11.6 Å². The van der Waals surface area contributed by atoms with Gasteiger partial charge in [0.15, 0.2) is 0 Å². The molecule has 1 aromatic rings. The van der Waals surface area contributed by atoms with Crippen molar-refractivity contribution in [3.05, 3.63) is 23.4 Å². The standard InChI is InChI=1S/C18H27ClN4O/c1-21(15-6-3-2-4-7-15)17(24)14-22-10-12-23(13-11-22)18-16(19)8-5-9-20-18/h5,8-9,15H,2-4,6-7,10-14H2,1H3. The van der Waals surface area contributed by atoms with Crippen LogP contribution in [0.3, 0.4) is 0 Å². The number of carbonyl (C=O) groups is 1. The highest BCUT2D eigenvalue weighted by Crippen LogP contribution is 2.24. The Balaban J connectivity index is 1.48. The molecule has 0 bridgehead atoms. The molecule has 1 saturated carbocycles. The average molecular weight is 351 g/mol. The van der Waals surface area contributed by atoms with Crippen molar-refractivity contribution in [1.82, 2.24) is 14.8 Å². The minimum Gasteiger partial charge on any atom is -0.353 e. The number of amides is 1. The SMILES string of the molecule is CN(C(=O)CN1CCN(c2ncccc2Cl)CC1)C1CCCCC1. The number of aromatic nitrogens is 1. The average Bonchev–Trinajstić information content (AvgIpc) is 2.63. The molecule has 0 N–H and O–H groups in total. The number of anilines is 1. The molecule has 132 valence electrons. The molecule has 0 radical (unpaired) electrons. The van der Waals surface area contributed by atoms with Gasteiger partial charge in [0.2, 0.25) is 5.91 Å². The summed E-state index contributed by atoms with van der Waals surface area (Å²) >= 11 is 6.23. The Labute approximate surface area is 149 Å². The van der Waals surface area contributed by atoms with Gasteiger partial charge in [0, 0.05) is 45.5 Å². The van der Waals surface area contributed by atoms with Crippen molar-refractivity contribution in [2.24, 2.45) is 0 Å². The molecule has 6 heteroatoms. The van der Waals surface area contributed by atoms with Gasteiger partial charge >= 0.3 is 0 Å². The lowest BCUT2D eigenvalue weighted by molar-refractivity contribution is -0.133. The number of hydrogen-bond acceptors (Lipinski definition) is 4. The van der Waals surface area contributed by atoms with Crippen LogP contribution in [0.15, 0.2) is 18.3 Å². The maximum atomic E-state index is 12.6. The molecule has 0 aromatic carbocycles. The predicted molar refractivity (Wildman–Crippen MR) is 97.5 cm³/mol. The first kappa shape index (κ1) is 17.5. The van der Waals surface area contributed by atoms with Crippen molar-refractivity contribution in [2.45, 2.75) is 38.1 Å². The molecule has 0 unspecified atom stereocenters. The Morgan fingerprint density at radius 2 is 1.96 bits per heavy atom. The van der Waals surface area contributed by atoms with Gasteiger partial charge in [-0.1, -0.05) is 30.9 Å². The van der Waals surface area contributed by atoms with Gasteiger partial charge < -0.3 is 9.80 Å². The smallest absolute Gasteiger partial charge is 0.236 e. The second-order valence-electron chi connectivity index (χ2n) is 6.87. The first-order valence-electron chi connectivity index (χ1n) is 8.98. The summed E-state index contributed by atoms with van der Waals surface area (Å²) in [5.74, 6) is 1.11. The first-order chi connectivity index (χ1) is 11.6. The molecule has 0 atom stereocenters. The summed E-state index contributed by atoms with van der Waals surface area (Å²) < 4.78 is 0. The molecule has 2 aliphatic rings. The van der Waals surface area contributed by atoms with Crippen LogP contribution in [0.1, 0.15) is 32.1 Å². The molecule has 2 fully saturated rings. The molecule has 1 aliphatic heterocycles. The van der Waals surface area contributed by atoms with Gasteiger partial charge in [-0.15, -0.1) is 0 Å². The fourth-order valence-electron chi connectivity index (χ4n) is 3.70. The zero-order valence-corrected chi connectivity index (χ0v) is 15.2. The van der Waals surface area contributed by atoms with Gasteiger partial charge in [-0.3, -0.25) is 9.69 Å². The second-order valence-corrected chi connectivity index (χ2v) is 7.28. The second kappa shape index (κ2) is 8.17. The van der Waals surface area contributed by atoms with Gasteiger partial charge in [0.25, 0.3) is 0 Å². The number of halogens is 1. The lowest BCUT2D eigenvalue weighted by Crippen LogP contribution is -2.51. The maximum Gasteiger partial charge on any atom is 0.236 e. The van der Waals surface area contributed by atoms with E-state index in [0.29, 0.717) is 17.6 Å². The fraction of sp³-hybridized carbons (Fsp3) is 0.667. The van der Waals surface area contributed by atoms with Gasteiger partial charge in [-0.05, 0) is 25.0 Å². The minimum absolute atomic E-state index is 0.256. The highest BCUT2D eigenvalue weighted by molar-refractivity contribution is 6.32. The third-order valence-corrected chi connectivity index (χ3v) is 5.58. The Bertz CT molecular complexity index is 554. The van der Waals surface area contributed by atoms with Crippen LogP contribution in [-0.2, 0) is 4.79 Å². The quantitative estimate of drug-likeness (QED) is 0.837. The number of hydrogen-bond donors (Lipinski definition) is 0. The van der Waals surface area contributed by atoms with E-state index >= 15 is 0 Å². The summed E-state index contributed by atoms with van der Waals surface area (Å²) in [7, 11) is 1.97. The minimum atomic E-state index is 0.256. The number of likely N-dealkylation sites (N-methyl/N-ethyl adjacent to an activating group) is 1. The van der Waals surface area contributed by atoms with Crippen LogP contribution < -0.4 is 4.90 Å². The van der Waals surface area contributed by atoms with Crippen LogP contribution in [0.4, 0.5) is 5.82 Å². The van der Waals surface area contributed by atoms with E-state index in [1.807, 2.05) is 24.1 Å². The fourth-order valence-corrected chi connectivity index (χ4v) is 3.94. The van der Waals surface area contributed by atoms with Gasteiger partial charge in [-0.2, -0.15) is 0 Å². The number of carbonyl (C=O) groups excluding carboxylic acids is 1. The van der Waals surface area contributed by atoms with Crippen molar-refractivity contribution in [3.8, 4) is 0 Å². The molecule has 0 spiro atoms. The molecule has 5 nitrogen and oxygen atoms in total. The molecule has 2 heterocycles. The Morgan fingerprint density at radius 3 is 2.62 bits per heavy atom. The normalized spacial score (nSPS) is 20.2. The van der Waals surface area contributed by atoms with Gasteiger partial charge in [0.1, 0.15) is 5.82 Å². The molecule has 3 rings (SSSR count). The zero-order valence-electron chi connectivity index (χ0n) is 14.5. The van der Waals surface area contributed by atoms with Crippen molar-refractivity contribution in [1.29, 1.82) is 0 Å². The summed E-state index contributed by atoms with van der Waals surface area (Å²) in [6.45, 7) is 3.99. The van der Waals surface area contributed by atoms with E-state index in [1.54, 1.807) is 6.20 Å². The highest BCUT2D eigenvalue weighted by Gasteiger charge is 2.25. The molecular weight excluding hydrogens is 324 g/mol. The highest BCUT2D eigenvalue weighted by atomic mass is 35.5. The van der Waals surface area contributed by atoms with Crippen molar-refractivity contribution >= 4 is 23.3 Å². The first-order valence-corrected chi connectivity index (χ1v) is 9.36. The lowest BCUT2D eigenvalue weighted by Gasteiger charge is -2.37. The number of piperazine rings is 1. The summed E-state index contributed by atoms with van der Waals surface area (Å²) in [5, 5.41) is 0.694. The van der Waals surface area contributed by atoms with E-state index in [0.717, 1.165) is 44.8 Å². The third kappa shape index (κ3) is 4.19. The lowest BCUT2D eigenvalue weighted by atomic mass is 9.94. The van der Waals surface area contributed by atoms with E-state index in [-0.39, 0.29) is 5.91 Å². The monoisotopic (exact) mass is 350 g/mol. The largest absolute Gasteiger partial charge is 0.353 e. The topological polar surface area (TPSA) is 39.7 Å². The molecule has 24 heavy (non-hydrogen) atoms. The van der Waals surface area contributed by atoms with E-state index in [9.17, 15) is 4.79 Å². The zero-order chi connectivity index (χ0) is 16.9. The van der Waals surface area contributed by atoms with Crippen LogP contribution in [0.5, 0.6) is 0 Å². The van der Waals surface area contributed by atoms with Crippen molar-refractivity contribution in [2.75, 3.05) is 44.7 Å². The Kier molecular flexibility index (Phi) is 5.95. The summed E-state index contributed by atoms with van der Waals surface area (Å²) in [5.41, 5.74) is 0. The molecule has 1 amide bonds. The van der Waals surface area contributed by atoms with Crippen LogP contribution >= 0.6 is 11.6 Å². The molecule has 1 saturated heterocycles. The summed E-state index contributed by atoms with van der Waals surface area (Å²) in [6.07, 6.45) is 7.92. The maximum absolute atomic E-state index is 12.6. The van der Waals surface area contributed by atoms with Gasteiger partial charge in [-0.25, -0.2) is 4.98 Å². The summed E-state index contributed by atoms with van der Waals surface area (Å²) in [6, 6.07) is 4.17. The van der Waals surface area contributed by atoms with Crippen LogP contribution in [0.2, 0.25) is 5.02 Å². The van der Waals surface area contributed by atoms with Crippen LogP contribution in [0.25, 0.3) is 0 Å². The van der Waals surface area contributed by atoms with E-state index in [4.69, 9.17) is 11.6 Å². The van der Waals surface area contributed by atoms with E-state index in [2.05, 4.69) is 14.8 Å². The summed E-state index contributed by atoms with van der Waals surface area (Å²) in [4.78, 5) is 23.4.